The molecule has 18 heavy (non-hydrogen) atoms. The predicted octanol–water partition coefficient (Wildman–Crippen LogP) is 4.68. The van der Waals surface area contributed by atoms with Crippen LogP contribution in [0, 0.1) is 40.0 Å². The second-order valence-electron chi connectivity index (χ2n) is 5.85. The summed E-state index contributed by atoms with van der Waals surface area (Å²) in [5, 5.41) is 0. The average molecular weight is 267 g/mol. The monoisotopic (exact) mass is 266 g/mol. The van der Waals surface area contributed by atoms with Gasteiger partial charge in [-0.25, -0.2) is 0 Å². The molecule has 2 heteroatoms. The molecule has 0 fully saturated rings. The van der Waals surface area contributed by atoms with Crippen LogP contribution in [0.4, 0.5) is 0 Å². The minimum Gasteiger partial charge on any atom is -0.294 e. The van der Waals surface area contributed by atoms with Crippen LogP contribution in [-0.4, -0.2) is 11.7 Å². The van der Waals surface area contributed by atoms with Gasteiger partial charge in [0.1, 0.15) is 0 Å². The molecule has 0 bridgehead atoms. The lowest BCUT2D eigenvalue weighted by Crippen LogP contribution is -2.28. The quantitative estimate of drug-likeness (QED) is 0.574. The number of benzene rings is 1. The van der Waals surface area contributed by atoms with Gasteiger partial charge in [-0.3, -0.25) is 4.79 Å². The van der Waals surface area contributed by atoms with Crippen LogP contribution in [0.2, 0.25) is 0 Å². The first-order chi connectivity index (χ1) is 8.15. The molecule has 0 radical (unpaired) electrons. The Labute approximate surface area is 116 Å². The highest BCUT2D eigenvalue weighted by atomic mass is 35.5. The zero-order valence-electron chi connectivity index (χ0n) is 12.5. The number of carbonyl (C=O) groups is 1. The molecule has 0 spiro atoms. The fourth-order valence-electron chi connectivity index (χ4n) is 2.24. The van der Waals surface area contributed by atoms with Crippen molar-refractivity contribution in [1.82, 2.24) is 0 Å². The molecule has 0 saturated heterocycles. The van der Waals surface area contributed by atoms with Gasteiger partial charge in [-0.2, -0.15) is 0 Å². The molecule has 0 aliphatic rings. The maximum absolute atomic E-state index is 12.7. The highest BCUT2D eigenvalue weighted by molar-refractivity contribution is 6.21. The number of alkyl halides is 1. The first-order valence-corrected chi connectivity index (χ1v) is 6.86. The molecule has 1 nitrogen and oxygen atoms in total. The maximum atomic E-state index is 12.7. The summed E-state index contributed by atoms with van der Waals surface area (Å²) in [5.74, 6) is 0.496. The van der Waals surface area contributed by atoms with E-state index in [9.17, 15) is 4.79 Å². The molecule has 0 heterocycles. The second-order valence-corrected chi connectivity index (χ2v) is 6.11. The molecule has 0 unspecified atom stereocenters. The third-order valence-corrected chi connectivity index (χ3v) is 4.84. The topological polar surface area (TPSA) is 17.1 Å². The molecule has 0 aliphatic carbocycles. The fraction of sp³-hybridized carbons (Fsp3) is 0.562. The lowest BCUT2D eigenvalue weighted by atomic mass is 9.79. The van der Waals surface area contributed by atoms with Crippen LogP contribution in [0.25, 0.3) is 0 Å². The van der Waals surface area contributed by atoms with Crippen molar-refractivity contribution in [2.45, 2.75) is 48.5 Å². The Bertz CT molecular complexity index is 469. The number of hydrogen-bond donors (Lipinski definition) is 0. The average Bonchev–Trinajstić information content (AvgIpc) is 2.34. The Morgan fingerprint density at radius 1 is 0.889 bits per heavy atom. The van der Waals surface area contributed by atoms with Gasteiger partial charge in [0, 0.05) is 16.9 Å². The van der Waals surface area contributed by atoms with Crippen LogP contribution in [0.1, 0.15) is 52.0 Å². The molecular formula is C16H23ClO. The van der Waals surface area contributed by atoms with Gasteiger partial charge >= 0.3 is 0 Å². The Morgan fingerprint density at radius 2 is 1.22 bits per heavy atom. The van der Waals surface area contributed by atoms with Crippen LogP contribution < -0.4 is 0 Å². The van der Waals surface area contributed by atoms with Crippen molar-refractivity contribution in [3.05, 3.63) is 33.4 Å². The lowest BCUT2D eigenvalue weighted by Gasteiger charge is -2.25. The predicted molar refractivity (Wildman–Crippen MR) is 79.0 cm³/mol. The van der Waals surface area contributed by atoms with Crippen molar-refractivity contribution in [3.8, 4) is 0 Å². The van der Waals surface area contributed by atoms with Gasteiger partial charge in [-0.1, -0.05) is 13.8 Å². The highest BCUT2D eigenvalue weighted by Crippen LogP contribution is 2.32. The Balaban J connectivity index is 3.57. The lowest BCUT2D eigenvalue weighted by molar-refractivity contribution is 0.0860. The molecule has 1 rings (SSSR count). The summed E-state index contributed by atoms with van der Waals surface area (Å²) >= 11 is 5.93. The van der Waals surface area contributed by atoms with E-state index >= 15 is 0 Å². The molecule has 1 aromatic carbocycles. The number of halogens is 1. The highest BCUT2D eigenvalue weighted by Gasteiger charge is 2.31. The van der Waals surface area contributed by atoms with E-state index in [0.29, 0.717) is 5.88 Å². The number of ketones is 1. The van der Waals surface area contributed by atoms with E-state index in [1.807, 2.05) is 27.7 Å². The van der Waals surface area contributed by atoms with Gasteiger partial charge in [-0.05, 0) is 62.4 Å². The van der Waals surface area contributed by atoms with Crippen LogP contribution in [0.5, 0.6) is 0 Å². The Hall–Kier alpha value is -0.820. The second kappa shape index (κ2) is 5.05. The zero-order chi connectivity index (χ0) is 14.2. The molecule has 0 amide bonds. The van der Waals surface area contributed by atoms with Gasteiger partial charge in [0.25, 0.3) is 0 Å². The van der Waals surface area contributed by atoms with Crippen molar-refractivity contribution < 1.29 is 4.79 Å². The van der Waals surface area contributed by atoms with Gasteiger partial charge in [0.05, 0.1) is 0 Å². The summed E-state index contributed by atoms with van der Waals surface area (Å²) in [5.41, 5.74) is 6.26. The summed E-state index contributed by atoms with van der Waals surface area (Å²) in [4.78, 5) is 12.7. The van der Waals surface area contributed by atoms with Crippen LogP contribution in [0.3, 0.4) is 0 Å². The van der Waals surface area contributed by atoms with E-state index in [1.165, 1.54) is 16.7 Å². The van der Waals surface area contributed by atoms with Gasteiger partial charge in [-0.15, -0.1) is 11.6 Å². The third kappa shape index (κ3) is 2.33. The summed E-state index contributed by atoms with van der Waals surface area (Å²) in [7, 11) is 0. The molecule has 0 aliphatic heterocycles. The normalized spacial score (nSPS) is 11.8. The van der Waals surface area contributed by atoms with Gasteiger partial charge < -0.3 is 0 Å². The van der Waals surface area contributed by atoms with Crippen molar-refractivity contribution in [2.24, 2.45) is 5.41 Å². The number of hydrogen-bond acceptors (Lipinski definition) is 1. The van der Waals surface area contributed by atoms with Crippen LogP contribution >= 0.6 is 11.6 Å². The minimum absolute atomic E-state index is 0.152. The summed E-state index contributed by atoms with van der Waals surface area (Å²) in [6, 6.07) is 0. The minimum atomic E-state index is -0.509. The van der Waals surface area contributed by atoms with E-state index in [-0.39, 0.29) is 5.78 Å². The van der Waals surface area contributed by atoms with E-state index in [0.717, 1.165) is 16.7 Å². The molecule has 1 aromatic rings. The van der Waals surface area contributed by atoms with Gasteiger partial charge in [0.15, 0.2) is 5.78 Å². The van der Waals surface area contributed by atoms with E-state index in [4.69, 9.17) is 11.6 Å². The first kappa shape index (κ1) is 15.2. The molecular weight excluding hydrogens is 244 g/mol. The van der Waals surface area contributed by atoms with Crippen molar-refractivity contribution in [1.29, 1.82) is 0 Å². The largest absolute Gasteiger partial charge is 0.294 e. The summed E-state index contributed by atoms with van der Waals surface area (Å²) < 4.78 is 0. The van der Waals surface area contributed by atoms with E-state index < -0.39 is 5.41 Å². The zero-order valence-corrected chi connectivity index (χ0v) is 13.2. The van der Waals surface area contributed by atoms with Crippen molar-refractivity contribution >= 4 is 17.4 Å². The van der Waals surface area contributed by atoms with E-state index in [2.05, 4.69) is 20.8 Å². The third-order valence-electron chi connectivity index (χ3n) is 4.18. The molecule has 100 valence electrons. The number of rotatable bonds is 3. The summed E-state index contributed by atoms with van der Waals surface area (Å²) in [6.45, 7) is 14.2. The number of Topliss-reactive ketones (excluding diaryl/α,β-unsaturated/α-hetero) is 1. The molecule has 0 aromatic heterocycles. The first-order valence-electron chi connectivity index (χ1n) is 6.32. The summed E-state index contributed by atoms with van der Waals surface area (Å²) in [6.07, 6.45) is 0. The Kier molecular flexibility index (Phi) is 4.27. The van der Waals surface area contributed by atoms with Crippen molar-refractivity contribution in [3.63, 3.8) is 0 Å². The maximum Gasteiger partial charge on any atom is 0.170 e. The molecule has 0 saturated carbocycles. The molecule has 0 N–H and O–H groups in total. The number of carbonyl (C=O) groups excluding carboxylic acids is 1. The Morgan fingerprint density at radius 3 is 1.56 bits per heavy atom. The fourth-order valence-corrected chi connectivity index (χ4v) is 2.36. The van der Waals surface area contributed by atoms with Gasteiger partial charge in [0.2, 0.25) is 0 Å². The van der Waals surface area contributed by atoms with Crippen LogP contribution in [0.15, 0.2) is 0 Å². The SMILES string of the molecule is Cc1c(C)c(C)c(C(=O)C(C)(C)CCl)c(C)c1C. The van der Waals surface area contributed by atoms with E-state index in [1.54, 1.807) is 0 Å². The van der Waals surface area contributed by atoms with Crippen LogP contribution in [-0.2, 0) is 0 Å². The van der Waals surface area contributed by atoms with Crippen molar-refractivity contribution in [2.75, 3.05) is 5.88 Å². The standard InChI is InChI=1S/C16H23ClO/c1-9-10(2)12(4)14(13(5)11(9)3)15(18)16(6,7)8-17/h8H2,1-7H3. The smallest absolute Gasteiger partial charge is 0.170 e. The molecule has 0 atom stereocenters.